The fourth-order valence-electron chi connectivity index (χ4n) is 4.08. The second-order valence-electron chi connectivity index (χ2n) is 8.24. The Morgan fingerprint density at radius 3 is 2.52 bits per heavy atom. The van der Waals surface area contributed by atoms with Crippen LogP contribution in [0.5, 0.6) is 0 Å². The van der Waals surface area contributed by atoms with Gasteiger partial charge in [-0.15, -0.1) is 0 Å². The highest BCUT2D eigenvalue weighted by Gasteiger charge is 2.52. The van der Waals surface area contributed by atoms with Crippen LogP contribution in [0.25, 0.3) is 0 Å². The molecule has 5 nitrogen and oxygen atoms in total. The second-order valence-corrected chi connectivity index (χ2v) is 8.24. The molecule has 3 atom stereocenters. The van der Waals surface area contributed by atoms with Crippen molar-refractivity contribution in [2.45, 2.75) is 102 Å². The molecule has 1 saturated carbocycles. The molecule has 0 bridgehead atoms. The number of carbonyl (C=O) groups is 1. The van der Waals surface area contributed by atoms with Crippen LogP contribution in [0.2, 0.25) is 0 Å². The summed E-state index contributed by atoms with van der Waals surface area (Å²) in [7, 11) is 1.19. The summed E-state index contributed by atoms with van der Waals surface area (Å²) in [5.74, 6) is -2.43. The highest BCUT2D eigenvalue weighted by atomic mass is 16.6. The van der Waals surface area contributed by atoms with Crippen LogP contribution in [-0.4, -0.2) is 39.8 Å². The van der Waals surface area contributed by atoms with Gasteiger partial charge in [0.05, 0.1) is 0 Å². The Morgan fingerprint density at radius 1 is 1.15 bits per heavy atom. The van der Waals surface area contributed by atoms with E-state index in [1.807, 2.05) is 0 Å². The lowest BCUT2D eigenvalue weighted by atomic mass is 9.87. The van der Waals surface area contributed by atoms with Crippen molar-refractivity contribution in [3.8, 4) is 0 Å². The summed E-state index contributed by atoms with van der Waals surface area (Å²) >= 11 is 0. The molecule has 0 aliphatic heterocycles. The SMILES string of the molecule is CCCCCCC=C[C@H]1CCC[C@@H]1CCCCC(O)(O)C(C)(OC)C(=O)O. The topological polar surface area (TPSA) is 87.0 Å². The lowest BCUT2D eigenvalue weighted by Crippen LogP contribution is -2.58. The van der Waals surface area contributed by atoms with E-state index in [0.717, 1.165) is 12.8 Å². The smallest absolute Gasteiger partial charge is 0.341 e. The predicted octanol–water partition coefficient (Wildman–Crippen LogP) is 4.66. The van der Waals surface area contributed by atoms with Gasteiger partial charge in [-0.1, -0.05) is 51.2 Å². The summed E-state index contributed by atoms with van der Waals surface area (Å²) in [5.41, 5.74) is -2.01. The van der Waals surface area contributed by atoms with Gasteiger partial charge in [0.25, 0.3) is 0 Å². The van der Waals surface area contributed by atoms with Crippen molar-refractivity contribution in [2.24, 2.45) is 11.8 Å². The monoisotopic (exact) mass is 384 g/mol. The lowest BCUT2D eigenvalue weighted by molar-refractivity contribution is -0.277. The maximum atomic E-state index is 11.3. The normalized spacial score (nSPS) is 23.0. The van der Waals surface area contributed by atoms with Crippen molar-refractivity contribution in [1.29, 1.82) is 0 Å². The first-order valence-electron chi connectivity index (χ1n) is 10.7. The van der Waals surface area contributed by atoms with Gasteiger partial charge < -0.3 is 20.1 Å². The number of carboxylic acid groups (broad SMARTS) is 1. The molecule has 1 aliphatic carbocycles. The van der Waals surface area contributed by atoms with Gasteiger partial charge in [-0.3, -0.25) is 0 Å². The average molecular weight is 385 g/mol. The Bertz CT molecular complexity index is 460. The van der Waals surface area contributed by atoms with Crippen LogP contribution in [0, 0.1) is 11.8 Å². The lowest BCUT2D eigenvalue weighted by Gasteiger charge is -2.36. The Morgan fingerprint density at radius 2 is 1.89 bits per heavy atom. The summed E-state index contributed by atoms with van der Waals surface area (Å²) in [4.78, 5) is 11.3. The summed E-state index contributed by atoms with van der Waals surface area (Å²) < 4.78 is 4.88. The Hall–Kier alpha value is -0.910. The number of unbranched alkanes of at least 4 members (excludes halogenated alkanes) is 5. The first-order chi connectivity index (χ1) is 12.8. The van der Waals surface area contributed by atoms with Crippen molar-refractivity contribution >= 4 is 5.97 Å². The van der Waals surface area contributed by atoms with Crippen LogP contribution in [-0.2, 0) is 9.53 Å². The Balaban J connectivity index is 2.36. The number of allylic oxidation sites excluding steroid dienone is 2. The molecule has 0 aromatic carbocycles. The molecule has 3 N–H and O–H groups in total. The van der Waals surface area contributed by atoms with E-state index in [4.69, 9.17) is 4.74 Å². The van der Waals surface area contributed by atoms with Gasteiger partial charge in [0, 0.05) is 13.5 Å². The highest BCUT2D eigenvalue weighted by Crippen LogP contribution is 2.37. The second kappa shape index (κ2) is 11.8. The number of ether oxygens (including phenoxy) is 1. The maximum Gasteiger partial charge on any atom is 0.341 e. The Kier molecular flexibility index (Phi) is 10.6. The van der Waals surface area contributed by atoms with Gasteiger partial charge in [0.1, 0.15) is 0 Å². The highest BCUT2D eigenvalue weighted by molar-refractivity contribution is 5.78. The average Bonchev–Trinajstić information content (AvgIpc) is 3.07. The minimum absolute atomic E-state index is 0.00566. The number of hydrogen-bond donors (Lipinski definition) is 3. The third-order valence-corrected chi connectivity index (χ3v) is 6.26. The molecule has 0 spiro atoms. The van der Waals surface area contributed by atoms with Crippen molar-refractivity contribution in [2.75, 3.05) is 7.11 Å². The van der Waals surface area contributed by atoms with E-state index in [9.17, 15) is 20.1 Å². The fourth-order valence-corrected chi connectivity index (χ4v) is 4.08. The molecule has 5 heteroatoms. The van der Waals surface area contributed by atoms with Gasteiger partial charge in [-0.25, -0.2) is 4.79 Å². The molecule has 27 heavy (non-hydrogen) atoms. The van der Waals surface area contributed by atoms with Crippen LogP contribution in [0.4, 0.5) is 0 Å². The number of hydrogen-bond acceptors (Lipinski definition) is 4. The van der Waals surface area contributed by atoms with E-state index in [2.05, 4.69) is 19.1 Å². The van der Waals surface area contributed by atoms with E-state index in [1.54, 1.807) is 0 Å². The van der Waals surface area contributed by atoms with Crippen LogP contribution in [0.15, 0.2) is 12.2 Å². The van der Waals surface area contributed by atoms with Gasteiger partial charge in [0.15, 0.2) is 0 Å². The molecule has 0 amide bonds. The zero-order valence-electron chi connectivity index (χ0n) is 17.5. The van der Waals surface area contributed by atoms with Crippen molar-refractivity contribution in [1.82, 2.24) is 0 Å². The molecular weight excluding hydrogens is 344 g/mol. The molecule has 1 fully saturated rings. The summed E-state index contributed by atoms with van der Waals surface area (Å²) in [6.07, 6.45) is 17.3. The van der Waals surface area contributed by atoms with E-state index in [0.29, 0.717) is 18.3 Å². The van der Waals surface area contributed by atoms with Crippen LogP contribution >= 0.6 is 0 Å². The number of aliphatic carboxylic acids is 1. The predicted molar refractivity (Wildman–Crippen MR) is 107 cm³/mol. The molecular formula is C22H40O5. The van der Waals surface area contributed by atoms with E-state index in [-0.39, 0.29) is 6.42 Å². The van der Waals surface area contributed by atoms with Crippen LogP contribution < -0.4 is 0 Å². The first-order valence-corrected chi connectivity index (χ1v) is 10.7. The molecule has 1 rings (SSSR count). The van der Waals surface area contributed by atoms with E-state index < -0.39 is 17.4 Å². The number of aliphatic hydroxyl groups is 2. The number of rotatable bonds is 14. The standard InChI is InChI=1S/C22H40O5/c1-4-5-6-7-8-9-13-18-15-12-16-19(18)14-10-11-17-22(25,26)21(2,27-3)20(23)24/h9,13,18-19,25-26H,4-8,10-12,14-17H2,1-3H3,(H,23,24)/t18-,19-,21?/m0/s1. The molecule has 1 unspecified atom stereocenters. The first kappa shape index (κ1) is 24.1. The molecule has 158 valence electrons. The fraction of sp³-hybridized carbons (Fsp3) is 0.864. The van der Waals surface area contributed by atoms with Crippen molar-refractivity contribution in [3.05, 3.63) is 12.2 Å². The van der Waals surface area contributed by atoms with Gasteiger partial charge in [0.2, 0.25) is 11.4 Å². The van der Waals surface area contributed by atoms with Crippen LogP contribution in [0.1, 0.15) is 90.9 Å². The minimum Gasteiger partial charge on any atom is -0.479 e. The molecule has 0 saturated heterocycles. The zero-order valence-corrected chi connectivity index (χ0v) is 17.5. The minimum atomic E-state index is -2.37. The third kappa shape index (κ3) is 7.20. The van der Waals surface area contributed by atoms with Gasteiger partial charge in [-0.05, 0) is 57.3 Å². The van der Waals surface area contributed by atoms with Gasteiger partial charge in [-0.2, -0.15) is 0 Å². The Labute approximate surface area is 164 Å². The zero-order chi connectivity index (χ0) is 20.3. The summed E-state index contributed by atoms with van der Waals surface area (Å²) in [6, 6.07) is 0. The van der Waals surface area contributed by atoms with Crippen LogP contribution in [0.3, 0.4) is 0 Å². The largest absolute Gasteiger partial charge is 0.479 e. The van der Waals surface area contributed by atoms with Gasteiger partial charge >= 0.3 is 5.97 Å². The summed E-state index contributed by atoms with van der Waals surface area (Å²) in [5, 5.41) is 29.6. The van der Waals surface area contributed by atoms with Crippen molar-refractivity contribution in [3.63, 3.8) is 0 Å². The molecule has 1 aliphatic rings. The maximum absolute atomic E-state index is 11.3. The van der Waals surface area contributed by atoms with E-state index >= 15 is 0 Å². The molecule has 0 heterocycles. The number of carboxylic acids is 1. The van der Waals surface area contributed by atoms with Crippen molar-refractivity contribution < 1.29 is 24.9 Å². The molecule has 0 aromatic heterocycles. The van der Waals surface area contributed by atoms with E-state index in [1.165, 1.54) is 65.4 Å². The number of methoxy groups -OCH3 is 1. The third-order valence-electron chi connectivity index (χ3n) is 6.26. The molecule has 0 radical (unpaired) electrons. The quantitative estimate of drug-likeness (QED) is 0.230. The summed E-state index contributed by atoms with van der Waals surface area (Å²) in [6.45, 7) is 3.43. The molecule has 0 aromatic rings.